The fourth-order valence-electron chi connectivity index (χ4n) is 3.34. The summed E-state index contributed by atoms with van der Waals surface area (Å²) in [6.07, 6.45) is 1.74. The summed E-state index contributed by atoms with van der Waals surface area (Å²) in [6.45, 7) is 12.1. The number of amides is 2. The van der Waals surface area contributed by atoms with Gasteiger partial charge < -0.3 is 15.2 Å². The van der Waals surface area contributed by atoms with Crippen molar-refractivity contribution in [3.8, 4) is 0 Å². The molecule has 33 heavy (non-hydrogen) atoms. The first-order valence-electron chi connectivity index (χ1n) is 10.7. The van der Waals surface area contributed by atoms with Gasteiger partial charge in [0.2, 0.25) is 5.91 Å². The number of rotatable bonds is 9. The molecule has 7 nitrogen and oxygen atoms in total. The molecular formula is C25H29N5O2S. The monoisotopic (exact) mass is 463 g/mol. The third-order valence-electron chi connectivity index (χ3n) is 5.30. The lowest BCUT2D eigenvalue weighted by Gasteiger charge is -2.16. The van der Waals surface area contributed by atoms with Gasteiger partial charge in [-0.2, -0.15) is 0 Å². The van der Waals surface area contributed by atoms with Gasteiger partial charge in [0.25, 0.3) is 5.91 Å². The number of allylic oxidation sites excluding steroid dienone is 1. The van der Waals surface area contributed by atoms with Crippen molar-refractivity contribution >= 4 is 29.3 Å². The van der Waals surface area contributed by atoms with Crippen molar-refractivity contribution in [2.75, 3.05) is 11.1 Å². The lowest BCUT2D eigenvalue weighted by Crippen LogP contribution is -2.29. The largest absolute Gasteiger partial charge is 0.342 e. The molecule has 8 heteroatoms. The lowest BCUT2D eigenvalue weighted by atomic mass is 10.1. The smallest absolute Gasteiger partial charge is 0.252 e. The molecule has 0 bridgehead atoms. The van der Waals surface area contributed by atoms with Crippen LogP contribution in [-0.2, 0) is 11.3 Å². The van der Waals surface area contributed by atoms with Crippen molar-refractivity contribution in [2.24, 2.45) is 0 Å². The highest BCUT2D eigenvalue weighted by Crippen LogP contribution is 2.22. The summed E-state index contributed by atoms with van der Waals surface area (Å²) >= 11 is 1.29. The molecule has 0 fully saturated rings. The van der Waals surface area contributed by atoms with E-state index in [9.17, 15) is 9.59 Å². The average molecular weight is 464 g/mol. The Morgan fingerprint density at radius 1 is 1.09 bits per heavy atom. The summed E-state index contributed by atoms with van der Waals surface area (Å²) < 4.78 is 1.86. The van der Waals surface area contributed by atoms with Gasteiger partial charge in [0.05, 0.1) is 11.8 Å². The van der Waals surface area contributed by atoms with E-state index < -0.39 is 0 Å². The normalized spacial score (nSPS) is 11.6. The summed E-state index contributed by atoms with van der Waals surface area (Å²) in [6, 6.07) is 12.9. The molecule has 2 amide bonds. The summed E-state index contributed by atoms with van der Waals surface area (Å²) in [5, 5.41) is 15.0. The number of aryl methyl sites for hydroxylation is 3. The third-order valence-corrected chi connectivity index (χ3v) is 6.27. The van der Waals surface area contributed by atoms with Crippen LogP contribution in [0.3, 0.4) is 0 Å². The second kappa shape index (κ2) is 11.0. The fourth-order valence-corrected chi connectivity index (χ4v) is 4.10. The van der Waals surface area contributed by atoms with Gasteiger partial charge in [-0.25, -0.2) is 0 Å². The van der Waals surface area contributed by atoms with Crippen molar-refractivity contribution in [1.29, 1.82) is 0 Å². The van der Waals surface area contributed by atoms with E-state index in [1.807, 2.05) is 68.7 Å². The Morgan fingerprint density at radius 2 is 1.85 bits per heavy atom. The Morgan fingerprint density at radius 3 is 2.55 bits per heavy atom. The number of hydrogen-bond acceptors (Lipinski definition) is 5. The predicted molar refractivity (Wildman–Crippen MR) is 133 cm³/mol. The maximum absolute atomic E-state index is 12.7. The summed E-state index contributed by atoms with van der Waals surface area (Å²) in [4.78, 5) is 25.2. The van der Waals surface area contributed by atoms with Gasteiger partial charge in [0.1, 0.15) is 0 Å². The average Bonchev–Trinajstić information content (AvgIpc) is 3.18. The van der Waals surface area contributed by atoms with Crippen LogP contribution in [-0.4, -0.2) is 32.3 Å². The highest BCUT2D eigenvalue weighted by molar-refractivity contribution is 7.99. The van der Waals surface area contributed by atoms with E-state index in [0.717, 1.165) is 16.8 Å². The maximum Gasteiger partial charge on any atom is 0.252 e. The van der Waals surface area contributed by atoms with Crippen molar-refractivity contribution in [2.45, 2.75) is 45.4 Å². The molecule has 0 spiro atoms. The number of carbonyl (C=O) groups is 2. The number of carbonyl (C=O) groups excluding carboxylic acids is 2. The molecule has 0 aliphatic carbocycles. The molecule has 0 aliphatic heterocycles. The molecule has 172 valence electrons. The highest BCUT2D eigenvalue weighted by atomic mass is 32.2. The van der Waals surface area contributed by atoms with Crippen LogP contribution >= 0.6 is 11.8 Å². The van der Waals surface area contributed by atoms with E-state index in [2.05, 4.69) is 27.4 Å². The first-order chi connectivity index (χ1) is 15.8. The number of hydrogen-bond donors (Lipinski definition) is 2. The molecular weight excluding hydrogens is 434 g/mol. The van der Waals surface area contributed by atoms with Crippen molar-refractivity contribution in [3.05, 3.63) is 83.2 Å². The molecule has 1 heterocycles. The zero-order valence-electron chi connectivity index (χ0n) is 19.4. The van der Waals surface area contributed by atoms with Gasteiger partial charge >= 0.3 is 0 Å². The van der Waals surface area contributed by atoms with Crippen LogP contribution in [0, 0.1) is 20.8 Å². The van der Waals surface area contributed by atoms with E-state index in [-0.39, 0.29) is 23.6 Å². The van der Waals surface area contributed by atoms with Gasteiger partial charge in [-0.1, -0.05) is 42.1 Å². The van der Waals surface area contributed by atoms with Crippen LogP contribution in [0.4, 0.5) is 5.69 Å². The molecule has 0 saturated carbocycles. The molecule has 0 radical (unpaired) electrons. The van der Waals surface area contributed by atoms with Gasteiger partial charge in [0.15, 0.2) is 11.0 Å². The van der Waals surface area contributed by atoms with Crippen molar-refractivity contribution < 1.29 is 9.59 Å². The van der Waals surface area contributed by atoms with Crippen LogP contribution in [0.2, 0.25) is 0 Å². The van der Waals surface area contributed by atoms with E-state index in [1.165, 1.54) is 17.3 Å². The van der Waals surface area contributed by atoms with Crippen LogP contribution in [0.5, 0.6) is 0 Å². The SMILES string of the molecule is C=CCn1c(SCC(=O)Nc2ccc(C)c(C)c2)nnc1[C@H](C)NC(=O)c1ccccc1C. The van der Waals surface area contributed by atoms with Crippen LogP contribution in [0.15, 0.2) is 60.3 Å². The number of benzene rings is 2. The van der Waals surface area contributed by atoms with Crippen LogP contribution in [0.1, 0.15) is 45.8 Å². The minimum absolute atomic E-state index is 0.126. The topological polar surface area (TPSA) is 88.9 Å². The third kappa shape index (κ3) is 6.10. The predicted octanol–water partition coefficient (Wildman–Crippen LogP) is 4.61. The molecule has 0 saturated heterocycles. The van der Waals surface area contributed by atoms with Gasteiger partial charge in [-0.15, -0.1) is 16.8 Å². The number of nitrogens with zero attached hydrogens (tertiary/aromatic N) is 3. The minimum Gasteiger partial charge on any atom is -0.342 e. The number of thioether (sulfide) groups is 1. The van der Waals surface area contributed by atoms with E-state index >= 15 is 0 Å². The van der Waals surface area contributed by atoms with Crippen LogP contribution in [0.25, 0.3) is 0 Å². The molecule has 3 rings (SSSR count). The quantitative estimate of drug-likeness (QED) is 0.357. The minimum atomic E-state index is -0.372. The van der Waals surface area contributed by atoms with E-state index in [0.29, 0.717) is 23.1 Å². The van der Waals surface area contributed by atoms with Gasteiger partial charge in [0, 0.05) is 17.8 Å². The Kier molecular flexibility index (Phi) is 8.06. The summed E-state index contributed by atoms with van der Waals surface area (Å²) in [5.41, 5.74) is 4.59. The zero-order valence-corrected chi connectivity index (χ0v) is 20.2. The maximum atomic E-state index is 12.7. The molecule has 0 unspecified atom stereocenters. The summed E-state index contributed by atoms with van der Waals surface area (Å²) in [7, 11) is 0. The Balaban J connectivity index is 1.67. The van der Waals surface area contributed by atoms with Crippen LogP contribution < -0.4 is 10.6 Å². The lowest BCUT2D eigenvalue weighted by molar-refractivity contribution is -0.113. The summed E-state index contributed by atoms with van der Waals surface area (Å²) in [5.74, 6) is 0.495. The molecule has 1 aromatic heterocycles. The molecule has 0 aliphatic rings. The van der Waals surface area contributed by atoms with Gasteiger partial charge in [-0.3, -0.25) is 9.59 Å². The standard InChI is InChI=1S/C25H29N5O2S/c1-6-13-30-23(19(5)26-24(32)21-10-8-7-9-17(21)3)28-29-25(30)33-15-22(31)27-20-12-11-16(2)18(4)14-20/h6-12,14,19H,1,13,15H2,2-5H3,(H,26,32)(H,27,31)/t19-/m0/s1. The van der Waals surface area contributed by atoms with Crippen molar-refractivity contribution in [3.63, 3.8) is 0 Å². The molecule has 2 aromatic carbocycles. The Bertz CT molecular complexity index is 1170. The number of aromatic nitrogens is 3. The Labute approximate surface area is 198 Å². The molecule has 2 N–H and O–H groups in total. The highest BCUT2D eigenvalue weighted by Gasteiger charge is 2.21. The van der Waals surface area contributed by atoms with Gasteiger partial charge in [-0.05, 0) is 62.6 Å². The second-order valence-corrected chi connectivity index (χ2v) is 8.83. The number of nitrogens with one attached hydrogen (secondary N) is 2. The fraction of sp³-hybridized carbons (Fsp3) is 0.280. The number of anilines is 1. The Hall–Kier alpha value is -3.39. The van der Waals surface area contributed by atoms with Crippen molar-refractivity contribution in [1.82, 2.24) is 20.1 Å². The zero-order chi connectivity index (χ0) is 24.0. The van der Waals surface area contributed by atoms with E-state index in [1.54, 1.807) is 12.1 Å². The molecule has 3 aromatic rings. The first kappa shape index (κ1) is 24.3. The van der Waals surface area contributed by atoms with E-state index in [4.69, 9.17) is 0 Å². The molecule has 1 atom stereocenters. The first-order valence-corrected chi connectivity index (χ1v) is 11.7. The second-order valence-electron chi connectivity index (χ2n) is 7.89.